The van der Waals surface area contributed by atoms with Gasteiger partial charge in [-0.15, -0.1) is 0 Å². The number of hydrogen-bond donors (Lipinski definition) is 2. The normalized spacial score (nSPS) is 17.0. The van der Waals surface area contributed by atoms with Gasteiger partial charge in [0.25, 0.3) is 6.43 Å². The summed E-state index contributed by atoms with van der Waals surface area (Å²) in [5, 5.41) is 12.8. The van der Waals surface area contributed by atoms with Gasteiger partial charge in [-0.2, -0.15) is 0 Å². The number of ether oxygens (including phenoxy) is 1. The molecule has 1 aromatic rings. The number of aliphatic hydroxyl groups is 1. The maximum Gasteiger partial charge on any atom is 0.272 e. The van der Waals surface area contributed by atoms with Crippen LogP contribution in [0.25, 0.3) is 0 Å². The predicted octanol–water partition coefficient (Wildman–Crippen LogP) is 2.96. The molecule has 6 heteroatoms. The summed E-state index contributed by atoms with van der Waals surface area (Å²) in [6.45, 7) is -0.725. The molecule has 0 saturated heterocycles. The minimum absolute atomic E-state index is 0.0101. The molecule has 0 atom stereocenters. The lowest BCUT2D eigenvalue weighted by atomic mass is 9.97. The molecule has 116 valence electrons. The number of rotatable bonds is 6. The van der Waals surface area contributed by atoms with E-state index < -0.39 is 18.6 Å². The first-order valence-electron chi connectivity index (χ1n) is 7.01. The highest BCUT2D eigenvalue weighted by atomic mass is 19.3. The molecule has 0 radical (unpaired) electrons. The van der Waals surface area contributed by atoms with Gasteiger partial charge in [0.2, 0.25) is 5.91 Å². The van der Waals surface area contributed by atoms with Crippen LogP contribution in [0.3, 0.4) is 0 Å². The topological polar surface area (TPSA) is 58.6 Å². The van der Waals surface area contributed by atoms with Crippen molar-refractivity contribution in [3.63, 3.8) is 0 Å². The maximum atomic E-state index is 12.2. The summed E-state index contributed by atoms with van der Waals surface area (Å²) in [7, 11) is 0. The van der Waals surface area contributed by atoms with E-state index in [1.807, 2.05) is 0 Å². The van der Waals surface area contributed by atoms with Crippen LogP contribution in [0.2, 0.25) is 0 Å². The number of carbonyl (C=O) groups excluding carboxylic acids is 1. The molecule has 21 heavy (non-hydrogen) atoms. The van der Waals surface area contributed by atoms with Gasteiger partial charge < -0.3 is 15.2 Å². The molecular weight excluding hydrogens is 280 g/mol. The molecule has 0 heterocycles. The Kier molecular flexibility index (Phi) is 5.12. The Morgan fingerprint density at radius 3 is 2.67 bits per heavy atom. The second kappa shape index (κ2) is 6.85. The molecule has 0 bridgehead atoms. The second-order valence-electron chi connectivity index (χ2n) is 5.35. The highest BCUT2D eigenvalue weighted by molar-refractivity contribution is 5.92. The summed E-state index contributed by atoms with van der Waals surface area (Å²) >= 11 is 0. The SMILES string of the molecule is O=C(CC1(O)CCCC1)Nc1ccccc1OCC(F)F. The fourth-order valence-electron chi connectivity index (χ4n) is 2.55. The fraction of sp³-hybridized carbons (Fsp3) is 0.533. The van der Waals surface area contributed by atoms with Crippen LogP contribution in [0.5, 0.6) is 5.75 Å². The molecule has 4 nitrogen and oxygen atoms in total. The molecule has 1 fully saturated rings. The van der Waals surface area contributed by atoms with E-state index in [2.05, 4.69) is 5.32 Å². The van der Waals surface area contributed by atoms with Crippen LogP contribution in [-0.2, 0) is 4.79 Å². The molecule has 1 aromatic carbocycles. The zero-order chi connectivity index (χ0) is 15.3. The highest BCUT2D eigenvalue weighted by Gasteiger charge is 2.33. The van der Waals surface area contributed by atoms with Gasteiger partial charge in [-0.1, -0.05) is 25.0 Å². The van der Waals surface area contributed by atoms with Crippen molar-refractivity contribution in [2.24, 2.45) is 0 Å². The van der Waals surface area contributed by atoms with E-state index in [0.29, 0.717) is 18.5 Å². The third-order valence-electron chi connectivity index (χ3n) is 3.55. The number of alkyl halides is 2. The first-order chi connectivity index (χ1) is 9.98. The minimum atomic E-state index is -2.58. The van der Waals surface area contributed by atoms with Gasteiger partial charge in [0.15, 0.2) is 0 Å². The molecule has 2 N–H and O–H groups in total. The zero-order valence-electron chi connectivity index (χ0n) is 11.6. The Hall–Kier alpha value is -1.69. The average molecular weight is 299 g/mol. The van der Waals surface area contributed by atoms with Crippen LogP contribution in [0.4, 0.5) is 14.5 Å². The van der Waals surface area contributed by atoms with Crippen molar-refractivity contribution < 1.29 is 23.4 Å². The van der Waals surface area contributed by atoms with Gasteiger partial charge in [0.1, 0.15) is 12.4 Å². The number of halogens is 2. The monoisotopic (exact) mass is 299 g/mol. The standard InChI is InChI=1S/C15H19F2NO3/c16-13(17)10-21-12-6-2-1-5-11(12)18-14(19)9-15(20)7-3-4-8-15/h1-2,5-6,13,20H,3-4,7-10H2,(H,18,19). The molecule has 0 spiro atoms. The number of carbonyl (C=O) groups is 1. The molecule has 1 aliphatic rings. The number of benzene rings is 1. The van der Waals surface area contributed by atoms with Crippen molar-refractivity contribution in [3.05, 3.63) is 24.3 Å². The molecule has 2 rings (SSSR count). The highest BCUT2D eigenvalue weighted by Crippen LogP contribution is 2.33. The van der Waals surface area contributed by atoms with E-state index >= 15 is 0 Å². The Morgan fingerprint density at radius 1 is 1.33 bits per heavy atom. The lowest BCUT2D eigenvalue weighted by Crippen LogP contribution is -2.30. The van der Waals surface area contributed by atoms with Crippen molar-refractivity contribution in [1.29, 1.82) is 0 Å². The van der Waals surface area contributed by atoms with Crippen LogP contribution < -0.4 is 10.1 Å². The maximum absolute atomic E-state index is 12.2. The lowest BCUT2D eigenvalue weighted by molar-refractivity contribution is -0.120. The average Bonchev–Trinajstić information content (AvgIpc) is 2.83. The Labute approximate surface area is 122 Å². The Bertz CT molecular complexity index is 488. The van der Waals surface area contributed by atoms with E-state index in [0.717, 1.165) is 12.8 Å². The quantitative estimate of drug-likeness (QED) is 0.849. The number of amides is 1. The summed E-state index contributed by atoms with van der Waals surface area (Å²) in [6.07, 6.45) is 0.493. The van der Waals surface area contributed by atoms with Gasteiger partial charge in [0.05, 0.1) is 17.7 Å². The van der Waals surface area contributed by atoms with Crippen LogP contribution in [0.15, 0.2) is 24.3 Å². The van der Waals surface area contributed by atoms with E-state index in [1.165, 1.54) is 6.07 Å². The van der Waals surface area contributed by atoms with E-state index in [9.17, 15) is 18.7 Å². The van der Waals surface area contributed by atoms with Gasteiger partial charge in [-0.05, 0) is 25.0 Å². The summed E-state index contributed by atoms with van der Waals surface area (Å²) in [4.78, 5) is 12.0. The van der Waals surface area contributed by atoms with Crippen LogP contribution >= 0.6 is 0 Å². The lowest BCUT2D eigenvalue weighted by Gasteiger charge is -2.21. The first kappa shape index (κ1) is 15.7. The molecule has 1 amide bonds. The van der Waals surface area contributed by atoms with Crippen molar-refractivity contribution in [2.45, 2.75) is 44.1 Å². The van der Waals surface area contributed by atoms with Crippen molar-refractivity contribution in [2.75, 3.05) is 11.9 Å². The predicted molar refractivity (Wildman–Crippen MR) is 74.6 cm³/mol. The molecule has 0 aliphatic heterocycles. The van der Waals surface area contributed by atoms with Gasteiger partial charge in [-0.25, -0.2) is 8.78 Å². The molecule has 1 aliphatic carbocycles. The minimum Gasteiger partial charge on any atom is -0.485 e. The third-order valence-corrected chi connectivity index (χ3v) is 3.55. The van der Waals surface area contributed by atoms with E-state index in [4.69, 9.17) is 4.74 Å². The van der Waals surface area contributed by atoms with E-state index in [1.54, 1.807) is 18.2 Å². The number of hydrogen-bond acceptors (Lipinski definition) is 3. The van der Waals surface area contributed by atoms with Crippen molar-refractivity contribution >= 4 is 11.6 Å². The van der Waals surface area contributed by atoms with E-state index in [-0.39, 0.29) is 18.1 Å². The van der Waals surface area contributed by atoms with Crippen molar-refractivity contribution in [1.82, 2.24) is 0 Å². The Morgan fingerprint density at radius 2 is 2.00 bits per heavy atom. The summed E-state index contributed by atoms with van der Waals surface area (Å²) in [5.41, 5.74) is -0.604. The molecule has 1 saturated carbocycles. The van der Waals surface area contributed by atoms with Crippen molar-refractivity contribution in [3.8, 4) is 5.75 Å². The molecular formula is C15H19F2NO3. The molecule has 0 aromatic heterocycles. The molecule has 0 unspecified atom stereocenters. The summed E-state index contributed by atoms with van der Waals surface area (Å²) in [6, 6.07) is 6.41. The van der Waals surface area contributed by atoms with Crippen LogP contribution in [-0.4, -0.2) is 29.6 Å². The number of para-hydroxylation sites is 2. The zero-order valence-corrected chi connectivity index (χ0v) is 11.6. The van der Waals surface area contributed by atoms with Crippen LogP contribution in [0, 0.1) is 0 Å². The summed E-state index contributed by atoms with van der Waals surface area (Å²) in [5.74, 6) is -0.142. The number of anilines is 1. The van der Waals surface area contributed by atoms with Gasteiger partial charge in [0, 0.05) is 0 Å². The van der Waals surface area contributed by atoms with Gasteiger partial charge in [-0.3, -0.25) is 4.79 Å². The summed E-state index contributed by atoms with van der Waals surface area (Å²) < 4.78 is 29.3. The fourth-order valence-corrected chi connectivity index (χ4v) is 2.55. The Balaban J connectivity index is 1.96. The second-order valence-corrected chi connectivity index (χ2v) is 5.35. The van der Waals surface area contributed by atoms with Gasteiger partial charge >= 0.3 is 0 Å². The number of nitrogens with one attached hydrogen (secondary N) is 1. The van der Waals surface area contributed by atoms with Crippen LogP contribution in [0.1, 0.15) is 32.1 Å². The first-order valence-corrected chi connectivity index (χ1v) is 7.01. The smallest absolute Gasteiger partial charge is 0.272 e. The third kappa shape index (κ3) is 4.67. The largest absolute Gasteiger partial charge is 0.485 e.